The molecule has 0 aliphatic carbocycles. The summed E-state index contributed by atoms with van der Waals surface area (Å²) in [5.74, 6) is -0.820. The van der Waals surface area contributed by atoms with Gasteiger partial charge in [0, 0.05) is 23.6 Å². The van der Waals surface area contributed by atoms with Crippen molar-refractivity contribution >= 4 is 0 Å². The van der Waals surface area contributed by atoms with E-state index in [0.29, 0.717) is 12.2 Å². The molecule has 2 rings (SSSR count). The summed E-state index contributed by atoms with van der Waals surface area (Å²) < 4.78 is 31.7. The van der Waals surface area contributed by atoms with Crippen molar-refractivity contribution in [3.05, 3.63) is 29.3 Å². The second kappa shape index (κ2) is 3.77. The van der Waals surface area contributed by atoms with Crippen LogP contribution in [0.4, 0.5) is 8.78 Å². The van der Waals surface area contributed by atoms with Crippen LogP contribution in [0.1, 0.15) is 18.5 Å². The molecule has 0 fully saturated rings. The van der Waals surface area contributed by atoms with E-state index in [1.807, 2.05) is 6.92 Å². The standard InChI is InChI=1S/C11H13F2NO/c1-6-5-15-11-8(10(6)14-2)3-7(12)4-9(11)13/h3-4,6,10,14H,5H2,1-2H3. The molecule has 0 bridgehead atoms. The minimum absolute atomic E-state index is 0.0565. The largest absolute Gasteiger partial charge is 0.490 e. The van der Waals surface area contributed by atoms with Gasteiger partial charge in [0.05, 0.1) is 6.61 Å². The van der Waals surface area contributed by atoms with Crippen molar-refractivity contribution in [1.29, 1.82) is 0 Å². The second-order valence-electron chi connectivity index (χ2n) is 3.86. The van der Waals surface area contributed by atoms with Gasteiger partial charge < -0.3 is 10.1 Å². The minimum atomic E-state index is -0.628. The van der Waals surface area contributed by atoms with Crippen molar-refractivity contribution in [1.82, 2.24) is 5.32 Å². The predicted molar refractivity (Wildman–Crippen MR) is 52.8 cm³/mol. The van der Waals surface area contributed by atoms with Gasteiger partial charge in [0.25, 0.3) is 0 Å². The molecular formula is C11H13F2NO. The van der Waals surface area contributed by atoms with Gasteiger partial charge in [0.15, 0.2) is 11.6 Å². The number of hydrogen-bond acceptors (Lipinski definition) is 2. The molecule has 1 aliphatic rings. The Kier molecular flexibility index (Phi) is 2.61. The van der Waals surface area contributed by atoms with Crippen molar-refractivity contribution < 1.29 is 13.5 Å². The Morgan fingerprint density at radius 1 is 1.40 bits per heavy atom. The highest BCUT2D eigenvalue weighted by Crippen LogP contribution is 2.37. The van der Waals surface area contributed by atoms with E-state index in [1.165, 1.54) is 6.07 Å². The van der Waals surface area contributed by atoms with E-state index in [0.717, 1.165) is 6.07 Å². The van der Waals surface area contributed by atoms with Crippen LogP contribution in [0.5, 0.6) is 5.75 Å². The van der Waals surface area contributed by atoms with E-state index >= 15 is 0 Å². The van der Waals surface area contributed by atoms with Crippen LogP contribution in [0, 0.1) is 17.6 Å². The lowest BCUT2D eigenvalue weighted by molar-refractivity contribution is 0.184. The van der Waals surface area contributed by atoms with Gasteiger partial charge in [0.1, 0.15) is 5.82 Å². The Hall–Kier alpha value is -1.16. The van der Waals surface area contributed by atoms with Gasteiger partial charge in [-0.1, -0.05) is 6.92 Å². The average molecular weight is 213 g/mol. The number of hydrogen-bond donors (Lipinski definition) is 1. The van der Waals surface area contributed by atoms with Crippen LogP contribution in [0.25, 0.3) is 0 Å². The third kappa shape index (κ3) is 1.69. The summed E-state index contributed by atoms with van der Waals surface area (Å²) in [6, 6.07) is 2.12. The highest BCUT2D eigenvalue weighted by atomic mass is 19.1. The summed E-state index contributed by atoms with van der Waals surface area (Å²) in [6.45, 7) is 2.42. The predicted octanol–water partition coefficient (Wildman–Crippen LogP) is 2.25. The first kappa shape index (κ1) is 10.4. The number of ether oxygens (including phenoxy) is 1. The fraction of sp³-hybridized carbons (Fsp3) is 0.455. The minimum Gasteiger partial charge on any atom is -0.490 e. The van der Waals surface area contributed by atoms with Crippen LogP contribution in [-0.2, 0) is 0 Å². The number of benzene rings is 1. The van der Waals surface area contributed by atoms with Crippen molar-refractivity contribution in [2.24, 2.45) is 5.92 Å². The lowest BCUT2D eigenvalue weighted by atomic mass is 9.92. The van der Waals surface area contributed by atoms with Crippen molar-refractivity contribution in [2.75, 3.05) is 13.7 Å². The number of halogens is 2. The molecule has 0 saturated heterocycles. The first-order valence-corrected chi connectivity index (χ1v) is 4.92. The zero-order valence-electron chi connectivity index (χ0n) is 8.68. The van der Waals surface area contributed by atoms with Crippen LogP contribution >= 0.6 is 0 Å². The molecule has 2 atom stereocenters. The summed E-state index contributed by atoms with van der Waals surface area (Å²) in [7, 11) is 1.78. The lowest BCUT2D eigenvalue weighted by Gasteiger charge is -2.31. The second-order valence-corrected chi connectivity index (χ2v) is 3.86. The molecule has 1 N–H and O–H groups in total. The van der Waals surface area contributed by atoms with Gasteiger partial charge in [-0.15, -0.1) is 0 Å². The summed E-state index contributed by atoms with van der Waals surface area (Å²) in [5.41, 5.74) is 0.564. The molecule has 0 radical (unpaired) electrons. The molecule has 1 heterocycles. The van der Waals surface area contributed by atoms with Gasteiger partial charge in [-0.25, -0.2) is 8.78 Å². The molecule has 0 spiro atoms. The quantitative estimate of drug-likeness (QED) is 0.772. The first-order valence-electron chi connectivity index (χ1n) is 4.92. The molecule has 2 nitrogen and oxygen atoms in total. The summed E-state index contributed by atoms with van der Waals surface area (Å²) in [6.07, 6.45) is 0. The van der Waals surface area contributed by atoms with Crippen LogP contribution in [-0.4, -0.2) is 13.7 Å². The first-order chi connectivity index (χ1) is 7.13. The van der Waals surface area contributed by atoms with Crippen LogP contribution in [0.2, 0.25) is 0 Å². The van der Waals surface area contributed by atoms with Crippen molar-refractivity contribution in [3.8, 4) is 5.75 Å². The van der Waals surface area contributed by atoms with E-state index in [-0.39, 0.29) is 17.7 Å². The SMILES string of the molecule is CNC1c2cc(F)cc(F)c2OCC1C. The molecule has 0 amide bonds. The molecule has 1 aliphatic heterocycles. The van der Waals surface area contributed by atoms with Crippen LogP contribution < -0.4 is 10.1 Å². The maximum absolute atomic E-state index is 13.4. The highest BCUT2D eigenvalue weighted by Gasteiger charge is 2.29. The van der Waals surface area contributed by atoms with E-state index < -0.39 is 11.6 Å². The van der Waals surface area contributed by atoms with E-state index in [4.69, 9.17) is 4.74 Å². The zero-order valence-corrected chi connectivity index (χ0v) is 8.68. The molecule has 15 heavy (non-hydrogen) atoms. The van der Waals surface area contributed by atoms with E-state index in [2.05, 4.69) is 5.32 Å². The number of fused-ring (bicyclic) bond motifs is 1. The Labute approximate surface area is 87.2 Å². The molecule has 1 aromatic rings. The van der Waals surface area contributed by atoms with E-state index in [9.17, 15) is 8.78 Å². The summed E-state index contributed by atoms with van der Waals surface area (Å²) in [5, 5.41) is 3.05. The van der Waals surface area contributed by atoms with Gasteiger partial charge >= 0.3 is 0 Å². The monoisotopic (exact) mass is 213 g/mol. The van der Waals surface area contributed by atoms with Gasteiger partial charge in [0.2, 0.25) is 0 Å². The molecule has 0 aromatic heterocycles. The van der Waals surface area contributed by atoms with Gasteiger partial charge in [-0.2, -0.15) is 0 Å². The highest BCUT2D eigenvalue weighted by molar-refractivity contribution is 5.39. The normalized spacial score (nSPS) is 24.5. The molecule has 4 heteroatoms. The molecule has 2 unspecified atom stereocenters. The Balaban J connectivity index is 2.52. The number of rotatable bonds is 1. The lowest BCUT2D eigenvalue weighted by Crippen LogP contribution is -2.32. The van der Waals surface area contributed by atoms with E-state index in [1.54, 1.807) is 7.05 Å². The molecule has 82 valence electrons. The fourth-order valence-electron chi connectivity index (χ4n) is 2.02. The Bertz CT molecular complexity index is 381. The third-order valence-corrected chi connectivity index (χ3v) is 2.74. The maximum atomic E-state index is 13.4. The van der Waals surface area contributed by atoms with Crippen molar-refractivity contribution in [3.63, 3.8) is 0 Å². The number of nitrogens with one attached hydrogen (secondary N) is 1. The zero-order chi connectivity index (χ0) is 11.0. The maximum Gasteiger partial charge on any atom is 0.168 e. The van der Waals surface area contributed by atoms with Gasteiger partial charge in [-0.05, 0) is 13.1 Å². The molecule has 1 aromatic carbocycles. The Morgan fingerprint density at radius 3 is 2.80 bits per heavy atom. The topological polar surface area (TPSA) is 21.3 Å². The summed E-state index contributed by atoms with van der Waals surface area (Å²) in [4.78, 5) is 0. The fourth-order valence-corrected chi connectivity index (χ4v) is 2.02. The smallest absolute Gasteiger partial charge is 0.168 e. The summed E-state index contributed by atoms with van der Waals surface area (Å²) >= 11 is 0. The molecular weight excluding hydrogens is 200 g/mol. The third-order valence-electron chi connectivity index (χ3n) is 2.74. The molecule has 0 saturated carbocycles. The Morgan fingerprint density at radius 2 is 2.13 bits per heavy atom. The van der Waals surface area contributed by atoms with Crippen LogP contribution in [0.3, 0.4) is 0 Å². The average Bonchev–Trinajstić information content (AvgIpc) is 2.17. The van der Waals surface area contributed by atoms with Crippen LogP contribution in [0.15, 0.2) is 12.1 Å². The van der Waals surface area contributed by atoms with Gasteiger partial charge in [-0.3, -0.25) is 0 Å². The van der Waals surface area contributed by atoms with Crippen molar-refractivity contribution in [2.45, 2.75) is 13.0 Å².